The lowest BCUT2D eigenvalue weighted by atomic mass is 10.1. The van der Waals surface area contributed by atoms with Crippen LogP contribution in [0.1, 0.15) is 57.9 Å². The van der Waals surface area contributed by atoms with Crippen molar-refractivity contribution < 1.29 is 5.11 Å². The largest absolute Gasteiger partial charge is 0.508 e. The Balaban J connectivity index is 2.46. The molecule has 0 amide bonds. The first-order valence-electron chi connectivity index (χ1n) is 7.33. The Bertz CT molecular complexity index is 336. The van der Waals surface area contributed by atoms with E-state index in [2.05, 4.69) is 25.2 Å². The molecular formula is C16H27NO. The number of aryl methyl sites for hydroxylation is 1. The second-order valence-electron chi connectivity index (χ2n) is 4.93. The lowest BCUT2D eigenvalue weighted by molar-refractivity contribution is 0.466. The first-order chi connectivity index (χ1) is 8.77. The summed E-state index contributed by atoms with van der Waals surface area (Å²) in [4.78, 5) is 0. The van der Waals surface area contributed by atoms with E-state index in [-0.39, 0.29) is 0 Å². The van der Waals surface area contributed by atoms with Gasteiger partial charge >= 0.3 is 0 Å². The molecule has 1 rings (SSSR count). The van der Waals surface area contributed by atoms with Crippen LogP contribution in [0.3, 0.4) is 0 Å². The predicted octanol–water partition coefficient (Wildman–Crippen LogP) is 4.73. The van der Waals surface area contributed by atoms with Gasteiger partial charge in [0, 0.05) is 12.2 Å². The summed E-state index contributed by atoms with van der Waals surface area (Å²) < 4.78 is 0. The maximum atomic E-state index is 9.82. The standard InChI is InChI=1S/C16H27NO/c1-3-5-7-9-14-13-15(10-11-16(14)18)17-12-8-6-4-2/h10-11,13,17-18H,3-9,12H2,1-2H3. The lowest BCUT2D eigenvalue weighted by Gasteiger charge is -2.10. The van der Waals surface area contributed by atoms with E-state index in [9.17, 15) is 5.11 Å². The SMILES string of the molecule is CCCCCNc1ccc(O)c(CCCCC)c1. The highest BCUT2D eigenvalue weighted by atomic mass is 16.3. The highest BCUT2D eigenvalue weighted by molar-refractivity contribution is 5.50. The van der Waals surface area contributed by atoms with Crippen molar-refractivity contribution >= 4 is 5.69 Å². The van der Waals surface area contributed by atoms with Crippen molar-refractivity contribution in [3.05, 3.63) is 23.8 Å². The number of nitrogens with one attached hydrogen (secondary N) is 1. The summed E-state index contributed by atoms with van der Waals surface area (Å²) in [5.41, 5.74) is 2.21. The van der Waals surface area contributed by atoms with Crippen LogP contribution in [0.25, 0.3) is 0 Å². The monoisotopic (exact) mass is 249 g/mol. The minimum Gasteiger partial charge on any atom is -0.508 e. The van der Waals surface area contributed by atoms with Crippen molar-refractivity contribution in [1.82, 2.24) is 0 Å². The fourth-order valence-corrected chi connectivity index (χ4v) is 2.07. The lowest BCUT2D eigenvalue weighted by Crippen LogP contribution is -2.01. The zero-order chi connectivity index (χ0) is 13.2. The number of anilines is 1. The minimum atomic E-state index is 0.435. The van der Waals surface area contributed by atoms with Crippen molar-refractivity contribution in [2.45, 2.75) is 58.8 Å². The summed E-state index contributed by atoms with van der Waals surface area (Å²) in [6.45, 7) is 5.44. The smallest absolute Gasteiger partial charge is 0.118 e. The maximum absolute atomic E-state index is 9.82. The second kappa shape index (κ2) is 8.84. The van der Waals surface area contributed by atoms with Crippen LogP contribution in [-0.4, -0.2) is 11.7 Å². The van der Waals surface area contributed by atoms with Gasteiger partial charge in [-0.15, -0.1) is 0 Å². The first kappa shape index (κ1) is 14.9. The number of hydrogen-bond acceptors (Lipinski definition) is 2. The molecule has 1 aromatic carbocycles. The Hall–Kier alpha value is -1.18. The maximum Gasteiger partial charge on any atom is 0.118 e. The molecular weight excluding hydrogens is 222 g/mol. The summed E-state index contributed by atoms with van der Waals surface area (Å²) in [5.74, 6) is 0.435. The molecule has 2 N–H and O–H groups in total. The molecule has 0 aliphatic carbocycles. The third-order valence-corrected chi connectivity index (χ3v) is 3.24. The Labute approximate surface area is 111 Å². The molecule has 0 atom stereocenters. The van der Waals surface area contributed by atoms with E-state index in [0.717, 1.165) is 30.6 Å². The van der Waals surface area contributed by atoms with Gasteiger partial charge in [0.2, 0.25) is 0 Å². The zero-order valence-electron chi connectivity index (χ0n) is 11.8. The van der Waals surface area contributed by atoms with Crippen LogP contribution in [0, 0.1) is 0 Å². The average molecular weight is 249 g/mol. The average Bonchev–Trinajstić information content (AvgIpc) is 2.38. The molecule has 0 bridgehead atoms. The van der Waals surface area contributed by atoms with Crippen molar-refractivity contribution in [2.75, 3.05) is 11.9 Å². The highest BCUT2D eigenvalue weighted by Crippen LogP contribution is 2.23. The van der Waals surface area contributed by atoms with Gasteiger partial charge < -0.3 is 10.4 Å². The van der Waals surface area contributed by atoms with E-state index in [4.69, 9.17) is 0 Å². The molecule has 0 heterocycles. The first-order valence-corrected chi connectivity index (χ1v) is 7.33. The van der Waals surface area contributed by atoms with Gasteiger partial charge in [-0.3, -0.25) is 0 Å². The molecule has 0 saturated carbocycles. The molecule has 0 spiro atoms. The molecule has 0 aliphatic heterocycles. The molecule has 2 nitrogen and oxygen atoms in total. The van der Waals surface area contributed by atoms with Crippen molar-refractivity contribution in [3.63, 3.8) is 0 Å². The molecule has 0 radical (unpaired) electrons. The number of hydrogen-bond donors (Lipinski definition) is 2. The van der Waals surface area contributed by atoms with E-state index in [1.54, 1.807) is 0 Å². The molecule has 0 fully saturated rings. The van der Waals surface area contributed by atoms with Crippen molar-refractivity contribution in [1.29, 1.82) is 0 Å². The molecule has 18 heavy (non-hydrogen) atoms. The molecule has 0 aromatic heterocycles. The molecule has 2 heteroatoms. The van der Waals surface area contributed by atoms with Gasteiger partial charge in [-0.2, -0.15) is 0 Å². The number of benzene rings is 1. The number of phenols is 1. The Morgan fingerprint density at radius 2 is 1.72 bits per heavy atom. The molecule has 0 aliphatic rings. The fraction of sp³-hybridized carbons (Fsp3) is 0.625. The van der Waals surface area contributed by atoms with Crippen LogP contribution in [0.4, 0.5) is 5.69 Å². The van der Waals surface area contributed by atoms with E-state index >= 15 is 0 Å². The van der Waals surface area contributed by atoms with Gasteiger partial charge in [-0.25, -0.2) is 0 Å². The predicted molar refractivity (Wildman–Crippen MR) is 79.4 cm³/mol. The highest BCUT2D eigenvalue weighted by Gasteiger charge is 2.02. The Morgan fingerprint density at radius 3 is 2.44 bits per heavy atom. The van der Waals surface area contributed by atoms with Crippen LogP contribution in [-0.2, 0) is 6.42 Å². The van der Waals surface area contributed by atoms with Gasteiger partial charge in [0.1, 0.15) is 5.75 Å². The van der Waals surface area contributed by atoms with E-state index in [0.29, 0.717) is 5.75 Å². The van der Waals surface area contributed by atoms with Gasteiger partial charge in [0.25, 0.3) is 0 Å². The Kier molecular flexibility index (Phi) is 7.31. The van der Waals surface area contributed by atoms with Crippen LogP contribution in [0.5, 0.6) is 5.75 Å². The summed E-state index contributed by atoms with van der Waals surface area (Å²) >= 11 is 0. The van der Waals surface area contributed by atoms with Crippen LogP contribution in [0.15, 0.2) is 18.2 Å². The van der Waals surface area contributed by atoms with E-state index in [1.165, 1.54) is 32.1 Å². The number of aromatic hydroxyl groups is 1. The summed E-state index contributed by atoms with van der Waals surface area (Å²) in [7, 11) is 0. The second-order valence-corrected chi connectivity index (χ2v) is 4.93. The zero-order valence-corrected chi connectivity index (χ0v) is 11.8. The quantitative estimate of drug-likeness (QED) is 0.490. The van der Waals surface area contributed by atoms with Gasteiger partial charge in [0.15, 0.2) is 0 Å². The van der Waals surface area contributed by atoms with Crippen molar-refractivity contribution in [2.24, 2.45) is 0 Å². The third kappa shape index (κ3) is 5.44. The molecule has 1 aromatic rings. The number of unbranched alkanes of at least 4 members (excludes halogenated alkanes) is 4. The summed E-state index contributed by atoms with van der Waals surface area (Å²) in [6.07, 6.45) is 8.31. The fourth-order valence-electron chi connectivity index (χ4n) is 2.07. The van der Waals surface area contributed by atoms with E-state index < -0.39 is 0 Å². The van der Waals surface area contributed by atoms with Crippen LogP contribution < -0.4 is 5.32 Å². The Morgan fingerprint density at radius 1 is 1.00 bits per heavy atom. The van der Waals surface area contributed by atoms with E-state index in [1.807, 2.05) is 12.1 Å². The summed E-state index contributed by atoms with van der Waals surface area (Å²) in [6, 6.07) is 5.87. The molecule has 0 unspecified atom stereocenters. The topological polar surface area (TPSA) is 32.3 Å². The van der Waals surface area contributed by atoms with Gasteiger partial charge in [-0.1, -0.05) is 39.5 Å². The van der Waals surface area contributed by atoms with Gasteiger partial charge in [-0.05, 0) is 43.0 Å². The number of rotatable bonds is 9. The molecule has 102 valence electrons. The van der Waals surface area contributed by atoms with Crippen molar-refractivity contribution in [3.8, 4) is 5.75 Å². The number of phenolic OH excluding ortho intramolecular Hbond substituents is 1. The van der Waals surface area contributed by atoms with Crippen LogP contribution >= 0.6 is 0 Å². The normalized spacial score (nSPS) is 10.6. The van der Waals surface area contributed by atoms with Gasteiger partial charge in [0.05, 0.1) is 0 Å². The minimum absolute atomic E-state index is 0.435. The summed E-state index contributed by atoms with van der Waals surface area (Å²) in [5, 5.41) is 13.2. The molecule has 0 saturated heterocycles. The third-order valence-electron chi connectivity index (χ3n) is 3.24. The van der Waals surface area contributed by atoms with Crippen LogP contribution in [0.2, 0.25) is 0 Å².